The number of amides is 3. The fraction of sp³-hybridized carbons (Fsp3) is 0.269. The van der Waals surface area contributed by atoms with E-state index in [0.717, 1.165) is 5.56 Å². The first-order chi connectivity index (χ1) is 16.7. The topological polar surface area (TPSA) is 144 Å². The molecule has 0 spiro atoms. The summed E-state index contributed by atoms with van der Waals surface area (Å²) in [6.45, 7) is 5.03. The van der Waals surface area contributed by atoms with Gasteiger partial charge in [0.1, 0.15) is 0 Å². The number of urea groups is 1. The highest BCUT2D eigenvalue weighted by molar-refractivity contribution is 6.05. The van der Waals surface area contributed by atoms with E-state index in [2.05, 4.69) is 20.9 Å². The van der Waals surface area contributed by atoms with Crippen molar-refractivity contribution in [1.29, 1.82) is 0 Å². The van der Waals surface area contributed by atoms with Gasteiger partial charge < -0.3 is 26.2 Å². The minimum Gasteiger partial charge on any atom is -0.494 e. The molecule has 0 aliphatic rings. The average Bonchev–Trinajstić information content (AvgIpc) is 3.08. The predicted molar refractivity (Wildman–Crippen MR) is 132 cm³/mol. The van der Waals surface area contributed by atoms with Crippen LogP contribution >= 0.6 is 0 Å². The van der Waals surface area contributed by atoms with E-state index in [1.165, 1.54) is 6.92 Å². The number of hydrogen-bond donors (Lipinski definition) is 6. The maximum atomic E-state index is 13.1. The second-order valence-electron chi connectivity index (χ2n) is 8.61. The number of aromatic nitrogens is 1. The number of nitrogens with one attached hydrogen (secondary N) is 4. The lowest BCUT2D eigenvalue weighted by Gasteiger charge is -2.24. The van der Waals surface area contributed by atoms with Crippen LogP contribution in [-0.2, 0) is 4.79 Å². The summed E-state index contributed by atoms with van der Waals surface area (Å²) in [5.74, 6) is -2.04. The second-order valence-corrected chi connectivity index (χ2v) is 8.61. The predicted octanol–water partition coefficient (Wildman–Crippen LogP) is 4.01. The molecule has 6 N–H and O–H groups in total. The van der Waals surface area contributed by atoms with Gasteiger partial charge in [0.05, 0.1) is 24.1 Å². The van der Waals surface area contributed by atoms with E-state index < -0.39 is 35.7 Å². The lowest BCUT2D eigenvalue weighted by Crippen LogP contribution is -2.46. The third-order valence-corrected chi connectivity index (χ3v) is 5.64. The molecular formula is C26H30N4O5. The standard InChI is InChI=1S/C26H30N4O5/c1-15(2)22(23(32)21-16(3)24(33)30-25(21)34)29-20(31)14-19(17-10-6-4-7-11-17)28-26(35)27-18-12-8-5-9-13-18/h4-13,15,19,22,30,33-34H,14H2,1-3H3,(H,29,31)(H2,27,28,35)/t19-,22-/m0/s1. The average molecular weight is 479 g/mol. The number of H-pyrrole nitrogens is 1. The number of hydrogen-bond acceptors (Lipinski definition) is 5. The molecule has 9 nitrogen and oxygen atoms in total. The molecule has 35 heavy (non-hydrogen) atoms. The van der Waals surface area contributed by atoms with Gasteiger partial charge in [-0.15, -0.1) is 0 Å². The molecule has 0 unspecified atom stereocenters. The van der Waals surface area contributed by atoms with Crippen LogP contribution in [-0.4, -0.2) is 39.0 Å². The summed E-state index contributed by atoms with van der Waals surface area (Å²) in [4.78, 5) is 41.1. The molecule has 3 aromatic rings. The van der Waals surface area contributed by atoms with Gasteiger partial charge in [-0.1, -0.05) is 62.4 Å². The van der Waals surface area contributed by atoms with Crippen LogP contribution < -0.4 is 16.0 Å². The number of benzene rings is 2. The number of Topliss-reactive ketones (excluding diaryl/α,β-unsaturated/α-hetero) is 1. The molecule has 0 saturated carbocycles. The Bertz CT molecular complexity index is 1180. The van der Waals surface area contributed by atoms with Crippen molar-refractivity contribution in [2.24, 2.45) is 5.92 Å². The molecule has 1 aromatic heterocycles. The van der Waals surface area contributed by atoms with E-state index in [1.807, 2.05) is 12.1 Å². The largest absolute Gasteiger partial charge is 0.494 e. The minimum atomic E-state index is -0.947. The molecule has 184 valence electrons. The van der Waals surface area contributed by atoms with E-state index in [0.29, 0.717) is 5.69 Å². The van der Waals surface area contributed by atoms with Gasteiger partial charge in [-0.05, 0) is 30.5 Å². The minimum absolute atomic E-state index is 0.0681. The highest BCUT2D eigenvalue weighted by Crippen LogP contribution is 2.30. The zero-order valence-electron chi connectivity index (χ0n) is 19.8. The number of carbonyl (C=O) groups excluding carboxylic acids is 3. The van der Waals surface area contributed by atoms with Gasteiger partial charge in [0, 0.05) is 11.3 Å². The SMILES string of the molecule is Cc1c(O)[nH]c(O)c1C(=O)[C@@H](NC(=O)C[C@H](NC(=O)Nc1ccccc1)c1ccccc1)C(C)C. The summed E-state index contributed by atoms with van der Waals surface area (Å²) in [6.07, 6.45) is -0.119. The molecule has 3 rings (SSSR count). The summed E-state index contributed by atoms with van der Waals surface area (Å²) in [5.41, 5.74) is 1.47. The Kier molecular flexibility index (Phi) is 8.14. The van der Waals surface area contributed by atoms with Crippen molar-refractivity contribution in [3.8, 4) is 11.8 Å². The van der Waals surface area contributed by atoms with Gasteiger partial charge in [0.2, 0.25) is 11.8 Å². The third-order valence-electron chi connectivity index (χ3n) is 5.64. The number of aromatic amines is 1. The van der Waals surface area contributed by atoms with Crippen LogP contribution in [0.15, 0.2) is 60.7 Å². The molecule has 0 bridgehead atoms. The Morgan fingerprint density at radius 2 is 1.49 bits per heavy atom. The molecule has 0 fully saturated rings. The molecule has 9 heteroatoms. The van der Waals surface area contributed by atoms with Crippen LogP contribution in [0, 0.1) is 12.8 Å². The van der Waals surface area contributed by atoms with Crippen molar-refractivity contribution >= 4 is 23.4 Å². The number of para-hydroxylation sites is 1. The van der Waals surface area contributed by atoms with Crippen LogP contribution in [0.2, 0.25) is 0 Å². The van der Waals surface area contributed by atoms with Gasteiger partial charge in [0.25, 0.3) is 0 Å². The van der Waals surface area contributed by atoms with Crippen LogP contribution in [0.4, 0.5) is 10.5 Å². The Morgan fingerprint density at radius 3 is 2.03 bits per heavy atom. The highest BCUT2D eigenvalue weighted by atomic mass is 16.3. The molecule has 1 heterocycles. The van der Waals surface area contributed by atoms with E-state index in [-0.39, 0.29) is 29.3 Å². The van der Waals surface area contributed by atoms with Crippen LogP contribution in [0.3, 0.4) is 0 Å². The summed E-state index contributed by atoms with van der Waals surface area (Å²) in [6, 6.07) is 15.9. The van der Waals surface area contributed by atoms with Crippen molar-refractivity contribution in [3.63, 3.8) is 0 Å². The Balaban J connectivity index is 1.75. The lowest BCUT2D eigenvalue weighted by molar-refractivity contribution is -0.122. The van der Waals surface area contributed by atoms with E-state index in [4.69, 9.17) is 0 Å². The van der Waals surface area contributed by atoms with E-state index >= 15 is 0 Å². The van der Waals surface area contributed by atoms with Gasteiger partial charge in [-0.25, -0.2) is 4.79 Å². The normalized spacial score (nSPS) is 12.6. The van der Waals surface area contributed by atoms with Crippen molar-refractivity contribution in [2.75, 3.05) is 5.32 Å². The summed E-state index contributed by atoms with van der Waals surface area (Å²) in [5, 5.41) is 28.2. The molecule has 0 radical (unpaired) electrons. The molecule has 2 aromatic carbocycles. The first-order valence-corrected chi connectivity index (χ1v) is 11.3. The number of rotatable bonds is 9. The van der Waals surface area contributed by atoms with E-state index in [1.54, 1.807) is 62.4 Å². The zero-order chi connectivity index (χ0) is 25.5. The highest BCUT2D eigenvalue weighted by Gasteiger charge is 2.31. The maximum Gasteiger partial charge on any atom is 0.319 e. The quantitative estimate of drug-likeness (QED) is 0.258. The maximum absolute atomic E-state index is 13.1. The Morgan fingerprint density at radius 1 is 0.886 bits per heavy atom. The molecule has 0 aliphatic heterocycles. The smallest absolute Gasteiger partial charge is 0.319 e. The van der Waals surface area contributed by atoms with Crippen LogP contribution in [0.25, 0.3) is 0 Å². The molecule has 3 amide bonds. The summed E-state index contributed by atoms with van der Waals surface area (Å²) < 4.78 is 0. The van der Waals surface area contributed by atoms with Gasteiger partial charge in [0.15, 0.2) is 11.7 Å². The Hall–Kier alpha value is -4.27. The molecule has 2 atom stereocenters. The monoisotopic (exact) mass is 478 g/mol. The summed E-state index contributed by atoms with van der Waals surface area (Å²) >= 11 is 0. The van der Waals surface area contributed by atoms with Gasteiger partial charge in [-0.3, -0.25) is 14.6 Å². The fourth-order valence-electron chi connectivity index (χ4n) is 3.76. The number of anilines is 1. The van der Waals surface area contributed by atoms with E-state index in [9.17, 15) is 24.6 Å². The molecule has 0 saturated heterocycles. The molecule has 0 aliphatic carbocycles. The Labute approximate surface area is 203 Å². The van der Waals surface area contributed by atoms with Gasteiger partial charge >= 0.3 is 6.03 Å². The second kappa shape index (κ2) is 11.2. The van der Waals surface area contributed by atoms with Crippen LogP contribution in [0.1, 0.15) is 47.8 Å². The number of aromatic hydroxyl groups is 2. The fourth-order valence-corrected chi connectivity index (χ4v) is 3.76. The van der Waals surface area contributed by atoms with Crippen LogP contribution in [0.5, 0.6) is 11.8 Å². The van der Waals surface area contributed by atoms with Crippen molar-refractivity contribution in [1.82, 2.24) is 15.6 Å². The first-order valence-electron chi connectivity index (χ1n) is 11.3. The van der Waals surface area contributed by atoms with Crippen molar-refractivity contribution in [2.45, 2.75) is 39.3 Å². The zero-order valence-corrected chi connectivity index (χ0v) is 19.8. The number of carbonyl (C=O) groups is 3. The number of ketones is 1. The van der Waals surface area contributed by atoms with Crippen molar-refractivity contribution < 1.29 is 24.6 Å². The third kappa shape index (κ3) is 6.41. The van der Waals surface area contributed by atoms with Crippen molar-refractivity contribution in [3.05, 3.63) is 77.4 Å². The summed E-state index contributed by atoms with van der Waals surface area (Å²) in [7, 11) is 0. The lowest BCUT2D eigenvalue weighted by atomic mass is 9.93. The van der Waals surface area contributed by atoms with Gasteiger partial charge in [-0.2, -0.15) is 0 Å². The molecular weight excluding hydrogens is 448 g/mol. The first kappa shape index (κ1) is 25.4.